The minimum Gasteiger partial charge on any atom is -0.550 e. The third-order valence-electron chi connectivity index (χ3n) is 3.66. The van der Waals surface area contributed by atoms with Crippen LogP contribution in [0, 0.1) is 19.3 Å². The zero-order valence-electron chi connectivity index (χ0n) is 15.3. The number of aromatic nitrogens is 3. The quantitative estimate of drug-likeness (QED) is 0.609. The topological polar surface area (TPSA) is 99.9 Å². The zero-order valence-corrected chi connectivity index (χ0v) is 17.3. The summed E-state index contributed by atoms with van der Waals surface area (Å²) in [6.07, 6.45) is -0.152. The van der Waals surface area contributed by atoms with E-state index in [4.69, 9.17) is 0 Å². The Morgan fingerprint density at radius 3 is 2.52 bits per heavy atom. The molecule has 0 saturated heterocycles. The number of carbonyl (C=O) groups excluding carboxylic acids is 2. The molecule has 1 aromatic heterocycles. The van der Waals surface area contributed by atoms with Gasteiger partial charge in [-0.05, 0) is 31.5 Å². The molecular formula is C17H21N4NaO3. The average Bonchev–Trinajstić information content (AvgIpc) is 2.76. The van der Waals surface area contributed by atoms with Crippen LogP contribution >= 0.6 is 0 Å². The minimum atomic E-state index is -1.25. The van der Waals surface area contributed by atoms with E-state index >= 15 is 0 Å². The molecule has 8 heteroatoms. The smallest absolute Gasteiger partial charge is 0.550 e. The molecule has 0 bridgehead atoms. The summed E-state index contributed by atoms with van der Waals surface area (Å²) >= 11 is 0. The summed E-state index contributed by atoms with van der Waals surface area (Å²) in [5.74, 6) is -0.0864. The van der Waals surface area contributed by atoms with E-state index in [2.05, 4.69) is 15.4 Å². The number of aliphatic carboxylic acids is 1. The number of amides is 1. The van der Waals surface area contributed by atoms with Gasteiger partial charge in [0.05, 0.1) is 6.54 Å². The first kappa shape index (κ1) is 21.3. The van der Waals surface area contributed by atoms with Crippen LogP contribution in [0.15, 0.2) is 24.3 Å². The van der Waals surface area contributed by atoms with Crippen LogP contribution in [0.2, 0.25) is 0 Å². The molecule has 7 nitrogen and oxygen atoms in total. The Balaban J connectivity index is 0.00000312. The van der Waals surface area contributed by atoms with Crippen LogP contribution in [0.1, 0.15) is 37.5 Å². The third kappa shape index (κ3) is 5.95. The second-order valence-electron chi connectivity index (χ2n) is 6.46. The van der Waals surface area contributed by atoms with Crippen molar-refractivity contribution in [3.8, 4) is 0 Å². The number of hydrogen-bond donors (Lipinski definition) is 1. The molecule has 0 saturated carbocycles. The van der Waals surface area contributed by atoms with Crippen molar-refractivity contribution in [2.75, 3.05) is 5.32 Å². The van der Waals surface area contributed by atoms with Crippen molar-refractivity contribution in [2.45, 2.75) is 40.7 Å². The number of anilines is 1. The van der Waals surface area contributed by atoms with Crippen LogP contribution in [0.5, 0.6) is 0 Å². The van der Waals surface area contributed by atoms with E-state index in [1.807, 2.05) is 32.0 Å². The maximum Gasteiger partial charge on any atom is 1.00 e. The van der Waals surface area contributed by atoms with Crippen molar-refractivity contribution in [3.05, 3.63) is 41.5 Å². The molecule has 0 fully saturated rings. The summed E-state index contributed by atoms with van der Waals surface area (Å²) in [5, 5.41) is 18.0. The van der Waals surface area contributed by atoms with Gasteiger partial charge in [0, 0.05) is 23.5 Å². The second kappa shape index (κ2) is 8.60. The number of aryl methyl sites for hydroxylation is 2. The molecule has 1 N–H and O–H groups in total. The molecule has 1 heterocycles. The standard InChI is InChI=1S/C17H22N4O3.Na/c1-11-18-12(2)21(20-11)10-13-6-5-7-14(8-13)19-15(22)9-17(3,4)16(23)24;/h5-8H,9-10H2,1-4H3,(H,19,22)(H,23,24);/q;+1/p-1. The van der Waals surface area contributed by atoms with Crippen LogP contribution in [0.3, 0.4) is 0 Å². The van der Waals surface area contributed by atoms with Crippen molar-refractivity contribution in [2.24, 2.45) is 5.41 Å². The van der Waals surface area contributed by atoms with Gasteiger partial charge in [0.1, 0.15) is 11.6 Å². The van der Waals surface area contributed by atoms with Crippen LogP contribution in [0.25, 0.3) is 0 Å². The van der Waals surface area contributed by atoms with Crippen molar-refractivity contribution in [1.82, 2.24) is 14.8 Å². The monoisotopic (exact) mass is 352 g/mol. The number of hydrogen-bond acceptors (Lipinski definition) is 5. The van der Waals surface area contributed by atoms with Gasteiger partial charge in [0.15, 0.2) is 0 Å². The molecule has 0 aliphatic carbocycles. The summed E-state index contributed by atoms with van der Waals surface area (Å²) in [4.78, 5) is 27.3. The number of benzene rings is 1. The molecule has 2 rings (SSSR count). The molecule has 25 heavy (non-hydrogen) atoms. The van der Waals surface area contributed by atoms with E-state index in [1.165, 1.54) is 13.8 Å². The largest absolute Gasteiger partial charge is 1.00 e. The fourth-order valence-corrected chi connectivity index (χ4v) is 2.31. The summed E-state index contributed by atoms with van der Waals surface area (Å²) < 4.78 is 1.79. The molecule has 0 spiro atoms. The third-order valence-corrected chi connectivity index (χ3v) is 3.66. The zero-order chi connectivity index (χ0) is 17.9. The Bertz CT molecular complexity index is 771. The number of nitrogens with one attached hydrogen (secondary N) is 1. The van der Waals surface area contributed by atoms with Crippen LogP contribution < -0.4 is 40.0 Å². The van der Waals surface area contributed by atoms with Gasteiger partial charge in [0.2, 0.25) is 5.91 Å². The van der Waals surface area contributed by atoms with E-state index in [0.717, 1.165) is 11.4 Å². The van der Waals surface area contributed by atoms with Gasteiger partial charge in [-0.15, -0.1) is 0 Å². The second-order valence-corrected chi connectivity index (χ2v) is 6.46. The molecule has 1 amide bonds. The Kier molecular flexibility index (Phi) is 7.34. The molecule has 0 radical (unpaired) electrons. The molecule has 0 unspecified atom stereocenters. The fraction of sp³-hybridized carbons (Fsp3) is 0.412. The summed E-state index contributed by atoms with van der Waals surface area (Å²) in [6, 6.07) is 7.35. The fourth-order valence-electron chi connectivity index (χ4n) is 2.31. The Morgan fingerprint density at radius 2 is 1.96 bits per heavy atom. The van der Waals surface area contributed by atoms with Crippen LogP contribution in [0.4, 0.5) is 5.69 Å². The number of carbonyl (C=O) groups is 2. The first-order valence-electron chi connectivity index (χ1n) is 7.66. The van der Waals surface area contributed by atoms with Crippen LogP contribution in [-0.4, -0.2) is 26.6 Å². The van der Waals surface area contributed by atoms with Gasteiger partial charge in [-0.25, -0.2) is 9.67 Å². The predicted molar refractivity (Wildman–Crippen MR) is 87.1 cm³/mol. The number of rotatable bonds is 6. The van der Waals surface area contributed by atoms with Crippen molar-refractivity contribution >= 4 is 17.6 Å². The normalized spacial score (nSPS) is 10.9. The van der Waals surface area contributed by atoms with Crippen LogP contribution in [-0.2, 0) is 16.1 Å². The molecule has 0 atom stereocenters. The van der Waals surface area contributed by atoms with Crippen molar-refractivity contribution in [3.63, 3.8) is 0 Å². The van der Waals surface area contributed by atoms with Gasteiger partial charge in [-0.2, -0.15) is 5.10 Å². The van der Waals surface area contributed by atoms with E-state index < -0.39 is 11.4 Å². The first-order valence-corrected chi connectivity index (χ1v) is 7.66. The number of nitrogens with zero attached hydrogens (tertiary/aromatic N) is 3. The molecular weight excluding hydrogens is 331 g/mol. The van der Waals surface area contributed by atoms with Gasteiger partial charge in [-0.1, -0.05) is 26.0 Å². The Hall–Kier alpha value is -1.70. The molecule has 0 aliphatic rings. The van der Waals surface area contributed by atoms with E-state index in [1.54, 1.807) is 10.7 Å². The summed E-state index contributed by atoms with van der Waals surface area (Å²) in [6.45, 7) is 7.19. The van der Waals surface area contributed by atoms with E-state index in [-0.39, 0.29) is 41.9 Å². The number of carboxylic acid groups (broad SMARTS) is 1. The number of carboxylic acids is 1. The molecule has 2 aromatic rings. The van der Waals surface area contributed by atoms with E-state index in [0.29, 0.717) is 18.1 Å². The Labute approximate surface area is 169 Å². The molecule has 128 valence electrons. The maximum atomic E-state index is 12.0. The first-order chi connectivity index (χ1) is 11.2. The minimum absolute atomic E-state index is 0. The van der Waals surface area contributed by atoms with Crippen molar-refractivity contribution < 1.29 is 44.3 Å². The maximum absolute atomic E-state index is 12.0. The van der Waals surface area contributed by atoms with Gasteiger partial charge < -0.3 is 15.2 Å². The van der Waals surface area contributed by atoms with Gasteiger partial charge >= 0.3 is 29.6 Å². The van der Waals surface area contributed by atoms with Gasteiger partial charge in [0.25, 0.3) is 0 Å². The average molecular weight is 352 g/mol. The Morgan fingerprint density at radius 1 is 1.28 bits per heavy atom. The predicted octanol–water partition coefficient (Wildman–Crippen LogP) is -1.95. The summed E-state index contributed by atoms with van der Waals surface area (Å²) in [5.41, 5.74) is 0.359. The van der Waals surface area contributed by atoms with Gasteiger partial charge in [-0.3, -0.25) is 4.79 Å². The molecule has 1 aromatic carbocycles. The SMILES string of the molecule is Cc1nc(C)n(Cc2cccc(NC(=O)CC(C)(C)C(=O)[O-])c2)n1.[Na+]. The van der Waals surface area contributed by atoms with E-state index in [9.17, 15) is 14.7 Å². The molecule has 0 aliphatic heterocycles. The van der Waals surface area contributed by atoms with Crippen molar-refractivity contribution in [1.29, 1.82) is 0 Å². The summed E-state index contributed by atoms with van der Waals surface area (Å²) in [7, 11) is 0.